The van der Waals surface area contributed by atoms with Crippen molar-refractivity contribution < 1.29 is 14.3 Å². The van der Waals surface area contributed by atoms with Gasteiger partial charge in [0.25, 0.3) is 0 Å². The van der Waals surface area contributed by atoms with Gasteiger partial charge in [0.05, 0.1) is 25.9 Å². The van der Waals surface area contributed by atoms with Gasteiger partial charge in [0.15, 0.2) is 0 Å². The molecule has 0 unspecified atom stereocenters. The third-order valence-electron chi connectivity index (χ3n) is 3.29. The Labute approximate surface area is 121 Å². The first kappa shape index (κ1) is 13.2. The molecule has 0 aliphatic heterocycles. The van der Waals surface area contributed by atoms with Crippen molar-refractivity contribution in [3.8, 4) is 17.1 Å². The molecule has 0 spiro atoms. The predicted molar refractivity (Wildman–Crippen MR) is 78.5 cm³/mol. The average molecular weight is 282 g/mol. The van der Waals surface area contributed by atoms with E-state index in [0.29, 0.717) is 11.5 Å². The summed E-state index contributed by atoms with van der Waals surface area (Å²) in [6, 6.07) is 12.9. The molecule has 0 radical (unpaired) electrons. The number of benzene rings is 1. The van der Waals surface area contributed by atoms with Gasteiger partial charge < -0.3 is 9.47 Å². The van der Waals surface area contributed by atoms with Crippen molar-refractivity contribution in [2.45, 2.75) is 0 Å². The number of rotatable bonds is 3. The number of aromatic nitrogens is 2. The number of ether oxygens (including phenoxy) is 2. The Morgan fingerprint density at radius 1 is 1.10 bits per heavy atom. The minimum atomic E-state index is -0.395. The van der Waals surface area contributed by atoms with Gasteiger partial charge in [-0.25, -0.2) is 9.78 Å². The molecule has 21 heavy (non-hydrogen) atoms. The van der Waals surface area contributed by atoms with Crippen LogP contribution in [0.25, 0.3) is 16.9 Å². The Bertz CT molecular complexity index is 791. The normalized spacial score (nSPS) is 10.6. The fourth-order valence-electron chi connectivity index (χ4n) is 2.26. The predicted octanol–water partition coefficient (Wildman–Crippen LogP) is 2.80. The minimum absolute atomic E-state index is 0.395. The van der Waals surface area contributed by atoms with Crippen molar-refractivity contribution in [2.24, 2.45) is 0 Å². The molecule has 0 saturated heterocycles. The number of hydrogen-bond donors (Lipinski definition) is 0. The first-order valence-electron chi connectivity index (χ1n) is 6.44. The molecule has 0 saturated carbocycles. The molecule has 0 amide bonds. The van der Waals surface area contributed by atoms with Gasteiger partial charge in [-0.2, -0.15) is 0 Å². The van der Waals surface area contributed by atoms with E-state index in [1.807, 2.05) is 30.3 Å². The topological polar surface area (TPSA) is 52.8 Å². The molecule has 0 aliphatic rings. The van der Waals surface area contributed by atoms with Crippen molar-refractivity contribution in [3.05, 3.63) is 54.4 Å². The summed E-state index contributed by atoms with van der Waals surface area (Å²) >= 11 is 0. The molecule has 5 heteroatoms. The highest BCUT2D eigenvalue weighted by Gasteiger charge is 2.15. The Morgan fingerprint density at radius 3 is 2.52 bits per heavy atom. The first-order valence-corrected chi connectivity index (χ1v) is 6.44. The zero-order valence-corrected chi connectivity index (χ0v) is 11.7. The summed E-state index contributed by atoms with van der Waals surface area (Å²) in [5.74, 6) is 1.06. The zero-order chi connectivity index (χ0) is 14.8. The molecule has 2 aromatic heterocycles. The van der Waals surface area contributed by atoms with Crippen molar-refractivity contribution in [2.75, 3.05) is 14.2 Å². The quantitative estimate of drug-likeness (QED) is 0.693. The summed E-state index contributed by atoms with van der Waals surface area (Å²) in [5.41, 5.74) is 2.18. The molecule has 3 aromatic rings. The molecular weight excluding hydrogens is 268 g/mol. The Balaban J connectivity index is 2.20. The Morgan fingerprint density at radius 2 is 1.86 bits per heavy atom. The molecule has 0 bridgehead atoms. The standard InChI is InChI=1S/C16H14N2O3/c1-20-13-8-6-11(7-9-13)15-17-10-12-4-3-5-14(18(12)15)16(19)21-2/h3-10H,1-2H3. The molecule has 2 heterocycles. The monoisotopic (exact) mass is 282 g/mol. The van der Waals surface area contributed by atoms with Crippen LogP contribution in [0.5, 0.6) is 5.75 Å². The zero-order valence-electron chi connectivity index (χ0n) is 11.7. The fourth-order valence-corrected chi connectivity index (χ4v) is 2.26. The molecule has 0 aliphatic carbocycles. The maximum absolute atomic E-state index is 11.9. The number of methoxy groups -OCH3 is 2. The van der Waals surface area contributed by atoms with E-state index in [1.165, 1.54) is 7.11 Å². The van der Waals surface area contributed by atoms with Gasteiger partial charge in [0.2, 0.25) is 0 Å². The smallest absolute Gasteiger partial charge is 0.355 e. The molecule has 1 aromatic carbocycles. The third kappa shape index (κ3) is 2.23. The van der Waals surface area contributed by atoms with Gasteiger partial charge in [-0.15, -0.1) is 0 Å². The van der Waals surface area contributed by atoms with E-state index < -0.39 is 5.97 Å². The highest BCUT2D eigenvalue weighted by molar-refractivity contribution is 5.89. The summed E-state index contributed by atoms with van der Waals surface area (Å²) in [6.45, 7) is 0. The lowest BCUT2D eigenvalue weighted by Gasteiger charge is -2.07. The lowest BCUT2D eigenvalue weighted by Crippen LogP contribution is -2.08. The number of nitrogens with zero attached hydrogens (tertiary/aromatic N) is 2. The molecule has 106 valence electrons. The van der Waals surface area contributed by atoms with Gasteiger partial charge in [-0.3, -0.25) is 4.40 Å². The minimum Gasteiger partial charge on any atom is -0.497 e. The van der Waals surface area contributed by atoms with Crippen LogP contribution in [-0.2, 0) is 4.74 Å². The fraction of sp³-hybridized carbons (Fsp3) is 0.125. The molecule has 0 N–H and O–H groups in total. The van der Waals surface area contributed by atoms with Crippen LogP contribution < -0.4 is 4.74 Å². The Hall–Kier alpha value is -2.82. The van der Waals surface area contributed by atoms with Crippen LogP contribution >= 0.6 is 0 Å². The van der Waals surface area contributed by atoms with Crippen molar-refractivity contribution in [3.63, 3.8) is 0 Å². The number of carbonyl (C=O) groups is 1. The lowest BCUT2D eigenvalue weighted by atomic mass is 10.2. The number of pyridine rings is 1. The summed E-state index contributed by atoms with van der Waals surface area (Å²) in [5, 5.41) is 0. The summed E-state index contributed by atoms with van der Waals surface area (Å²) in [7, 11) is 2.99. The summed E-state index contributed by atoms with van der Waals surface area (Å²) < 4.78 is 11.8. The highest BCUT2D eigenvalue weighted by atomic mass is 16.5. The van der Waals surface area contributed by atoms with Crippen molar-refractivity contribution in [1.29, 1.82) is 0 Å². The first-order chi connectivity index (χ1) is 10.2. The summed E-state index contributed by atoms with van der Waals surface area (Å²) in [6.07, 6.45) is 1.73. The second-order valence-electron chi connectivity index (χ2n) is 4.47. The van der Waals surface area contributed by atoms with Crippen LogP contribution in [0.4, 0.5) is 0 Å². The number of imidazole rings is 1. The second-order valence-corrected chi connectivity index (χ2v) is 4.47. The van der Waals surface area contributed by atoms with Gasteiger partial charge in [0.1, 0.15) is 17.3 Å². The SMILES string of the molecule is COC(=O)c1cccc2cnc(-c3ccc(OC)cc3)n12. The van der Waals surface area contributed by atoms with Crippen LogP contribution in [-0.4, -0.2) is 29.6 Å². The van der Waals surface area contributed by atoms with Gasteiger partial charge >= 0.3 is 5.97 Å². The maximum atomic E-state index is 11.9. The maximum Gasteiger partial charge on any atom is 0.355 e. The van der Waals surface area contributed by atoms with E-state index >= 15 is 0 Å². The van der Waals surface area contributed by atoms with E-state index in [0.717, 1.165) is 16.8 Å². The molecular formula is C16H14N2O3. The van der Waals surface area contributed by atoms with E-state index in [2.05, 4.69) is 4.98 Å². The number of carbonyl (C=O) groups excluding carboxylic acids is 1. The van der Waals surface area contributed by atoms with Crippen LogP contribution in [0.15, 0.2) is 48.7 Å². The van der Waals surface area contributed by atoms with Crippen LogP contribution in [0, 0.1) is 0 Å². The van der Waals surface area contributed by atoms with E-state index in [-0.39, 0.29) is 0 Å². The van der Waals surface area contributed by atoms with Crippen LogP contribution in [0.3, 0.4) is 0 Å². The largest absolute Gasteiger partial charge is 0.497 e. The summed E-state index contributed by atoms with van der Waals surface area (Å²) in [4.78, 5) is 16.3. The van der Waals surface area contributed by atoms with Gasteiger partial charge in [0, 0.05) is 5.56 Å². The lowest BCUT2D eigenvalue weighted by molar-refractivity contribution is 0.0592. The van der Waals surface area contributed by atoms with Crippen molar-refractivity contribution >= 4 is 11.5 Å². The van der Waals surface area contributed by atoms with Gasteiger partial charge in [-0.1, -0.05) is 6.07 Å². The average Bonchev–Trinajstić information content (AvgIpc) is 2.98. The number of esters is 1. The second kappa shape index (κ2) is 5.28. The van der Waals surface area contributed by atoms with Gasteiger partial charge in [-0.05, 0) is 36.4 Å². The van der Waals surface area contributed by atoms with E-state index in [4.69, 9.17) is 9.47 Å². The molecule has 5 nitrogen and oxygen atoms in total. The third-order valence-corrected chi connectivity index (χ3v) is 3.29. The molecule has 0 fully saturated rings. The van der Waals surface area contributed by atoms with E-state index in [9.17, 15) is 4.79 Å². The van der Waals surface area contributed by atoms with E-state index in [1.54, 1.807) is 29.8 Å². The van der Waals surface area contributed by atoms with Crippen LogP contribution in [0.2, 0.25) is 0 Å². The van der Waals surface area contributed by atoms with Crippen molar-refractivity contribution in [1.82, 2.24) is 9.38 Å². The molecule has 0 atom stereocenters. The number of fused-ring (bicyclic) bond motifs is 1. The highest BCUT2D eigenvalue weighted by Crippen LogP contribution is 2.24. The molecule has 3 rings (SSSR count). The Kier molecular flexibility index (Phi) is 3.31. The number of hydrogen-bond acceptors (Lipinski definition) is 4. The van der Waals surface area contributed by atoms with Crippen LogP contribution in [0.1, 0.15) is 10.5 Å².